The Hall–Kier alpha value is -1.00. The van der Waals surface area contributed by atoms with Gasteiger partial charge in [0.1, 0.15) is 11.6 Å². The van der Waals surface area contributed by atoms with Crippen LogP contribution >= 0.6 is 0 Å². The summed E-state index contributed by atoms with van der Waals surface area (Å²) in [5.74, 6) is -1.13. The standard InChI is InChI=1S/C17H28F2N2/c1-4-6-8-21(13(3)5-2)9-7-17(20)14-10-15(18)12-16(19)11-14/h10-13,17H,4-9,20H2,1-3H3. The lowest BCUT2D eigenvalue weighted by molar-refractivity contribution is 0.194. The minimum absolute atomic E-state index is 0.330. The highest BCUT2D eigenvalue weighted by molar-refractivity contribution is 5.21. The molecule has 0 radical (unpaired) electrons. The van der Waals surface area contributed by atoms with Gasteiger partial charge in [-0.1, -0.05) is 20.3 Å². The first kappa shape index (κ1) is 18.1. The fourth-order valence-electron chi connectivity index (χ4n) is 2.43. The van der Waals surface area contributed by atoms with Crippen molar-refractivity contribution in [2.75, 3.05) is 13.1 Å². The third-order valence-corrected chi connectivity index (χ3v) is 4.05. The molecule has 1 aromatic rings. The van der Waals surface area contributed by atoms with E-state index in [2.05, 4.69) is 25.7 Å². The highest BCUT2D eigenvalue weighted by Gasteiger charge is 2.15. The molecular weight excluding hydrogens is 270 g/mol. The maximum atomic E-state index is 13.2. The number of nitrogens with two attached hydrogens (primary N) is 1. The van der Waals surface area contributed by atoms with Gasteiger partial charge in [-0.25, -0.2) is 8.78 Å². The number of unbranched alkanes of at least 4 members (excludes halogenated alkanes) is 1. The largest absolute Gasteiger partial charge is 0.324 e. The molecule has 0 saturated heterocycles. The molecule has 0 aliphatic heterocycles. The van der Waals surface area contributed by atoms with Gasteiger partial charge in [0.25, 0.3) is 0 Å². The Kier molecular flexibility index (Phi) is 7.83. The summed E-state index contributed by atoms with van der Waals surface area (Å²) in [5, 5.41) is 0. The molecule has 21 heavy (non-hydrogen) atoms. The second kappa shape index (κ2) is 9.11. The SMILES string of the molecule is CCCCN(CCC(N)c1cc(F)cc(F)c1)C(C)CC. The van der Waals surface area contributed by atoms with Gasteiger partial charge in [-0.15, -0.1) is 0 Å². The number of halogens is 2. The van der Waals surface area contributed by atoms with Gasteiger partial charge in [0.15, 0.2) is 0 Å². The van der Waals surface area contributed by atoms with Crippen LogP contribution in [0.2, 0.25) is 0 Å². The third kappa shape index (κ3) is 6.10. The van der Waals surface area contributed by atoms with Crippen molar-refractivity contribution in [3.05, 3.63) is 35.4 Å². The Morgan fingerprint density at radius 1 is 1.10 bits per heavy atom. The summed E-state index contributed by atoms with van der Waals surface area (Å²) in [5.41, 5.74) is 6.63. The minimum Gasteiger partial charge on any atom is -0.324 e. The molecule has 120 valence electrons. The van der Waals surface area contributed by atoms with Gasteiger partial charge in [-0.05, 0) is 50.4 Å². The van der Waals surface area contributed by atoms with Crippen molar-refractivity contribution in [2.24, 2.45) is 5.73 Å². The van der Waals surface area contributed by atoms with E-state index >= 15 is 0 Å². The smallest absolute Gasteiger partial charge is 0.126 e. The predicted molar refractivity (Wildman–Crippen MR) is 84.1 cm³/mol. The maximum Gasteiger partial charge on any atom is 0.126 e. The van der Waals surface area contributed by atoms with Crippen LogP contribution in [0.5, 0.6) is 0 Å². The summed E-state index contributed by atoms with van der Waals surface area (Å²) in [6.45, 7) is 8.47. The Labute approximate surface area is 127 Å². The van der Waals surface area contributed by atoms with E-state index in [1.807, 2.05) is 0 Å². The summed E-state index contributed by atoms with van der Waals surface area (Å²) in [7, 11) is 0. The van der Waals surface area contributed by atoms with Crippen molar-refractivity contribution in [2.45, 2.75) is 58.5 Å². The molecule has 1 aromatic carbocycles. The minimum atomic E-state index is -0.565. The van der Waals surface area contributed by atoms with Crippen molar-refractivity contribution in [1.82, 2.24) is 4.90 Å². The van der Waals surface area contributed by atoms with Crippen molar-refractivity contribution >= 4 is 0 Å². The average molecular weight is 298 g/mol. The van der Waals surface area contributed by atoms with Gasteiger partial charge >= 0.3 is 0 Å². The van der Waals surface area contributed by atoms with E-state index in [-0.39, 0.29) is 6.04 Å². The Morgan fingerprint density at radius 3 is 2.24 bits per heavy atom. The molecule has 0 saturated carbocycles. The van der Waals surface area contributed by atoms with Crippen molar-refractivity contribution < 1.29 is 8.78 Å². The molecule has 0 bridgehead atoms. The van der Waals surface area contributed by atoms with Crippen LogP contribution in [-0.2, 0) is 0 Å². The molecule has 0 amide bonds. The molecule has 0 spiro atoms. The molecule has 2 nitrogen and oxygen atoms in total. The van der Waals surface area contributed by atoms with Crippen LogP contribution in [-0.4, -0.2) is 24.0 Å². The van der Waals surface area contributed by atoms with Crippen LogP contribution in [0.4, 0.5) is 8.78 Å². The number of hydrogen-bond acceptors (Lipinski definition) is 2. The molecular formula is C17H28F2N2. The van der Waals surface area contributed by atoms with Crippen LogP contribution in [0.1, 0.15) is 58.1 Å². The molecule has 2 atom stereocenters. The van der Waals surface area contributed by atoms with E-state index in [0.29, 0.717) is 18.0 Å². The molecule has 4 heteroatoms. The second-order valence-corrected chi connectivity index (χ2v) is 5.74. The summed E-state index contributed by atoms with van der Waals surface area (Å²) >= 11 is 0. The van der Waals surface area contributed by atoms with Crippen molar-refractivity contribution in [3.8, 4) is 0 Å². The quantitative estimate of drug-likeness (QED) is 0.738. The zero-order valence-electron chi connectivity index (χ0n) is 13.4. The molecule has 0 aliphatic carbocycles. The fourth-order valence-corrected chi connectivity index (χ4v) is 2.43. The van der Waals surface area contributed by atoms with Gasteiger partial charge in [-0.3, -0.25) is 0 Å². The van der Waals surface area contributed by atoms with Crippen molar-refractivity contribution in [1.29, 1.82) is 0 Å². The Morgan fingerprint density at radius 2 is 1.71 bits per heavy atom. The molecule has 2 unspecified atom stereocenters. The number of nitrogens with zero attached hydrogens (tertiary/aromatic N) is 1. The lowest BCUT2D eigenvalue weighted by Crippen LogP contribution is -2.35. The summed E-state index contributed by atoms with van der Waals surface area (Å²) in [4.78, 5) is 2.42. The van der Waals surface area contributed by atoms with Crippen LogP contribution in [0.25, 0.3) is 0 Å². The molecule has 1 rings (SSSR count). The molecule has 0 aliphatic rings. The topological polar surface area (TPSA) is 29.3 Å². The van der Waals surface area contributed by atoms with E-state index in [1.165, 1.54) is 12.1 Å². The van der Waals surface area contributed by atoms with Crippen LogP contribution < -0.4 is 5.73 Å². The first-order valence-electron chi connectivity index (χ1n) is 7.93. The van der Waals surface area contributed by atoms with Crippen LogP contribution in [0.15, 0.2) is 18.2 Å². The highest BCUT2D eigenvalue weighted by Crippen LogP contribution is 2.18. The lowest BCUT2D eigenvalue weighted by Gasteiger charge is -2.29. The van der Waals surface area contributed by atoms with Gasteiger partial charge in [0, 0.05) is 24.7 Å². The van der Waals surface area contributed by atoms with E-state index < -0.39 is 11.6 Å². The molecule has 2 N–H and O–H groups in total. The molecule has 0 aromatic heterocycles. The third-order valence-electron chi connectivity index (χ3n) is 4.05. The zero-order valence-corrected chi connectivity index (χ0v) is 13.4. The van der Waals surface area contributed by atoms with Crippen LogP contribution in [0, 0.1) is 11.6 Å². The highest BCUT2D eigenvalue weighted by atomic mass is 19.1. The van der Waals surface area contributed by atoms with Gasteiger partial charge in [0.05, 0.1) is 0 Å². The molecule has 0 fully saturated rings. The predicted octanol–water partition coefficient (Wildman–Crippen LogP) is 4.26. The number of rotatable bonds is 9. The molecule has 0 heterocycles. The summed E-state index contributed by atoms with van der Waals surface area (Å²) in [6.07, 6.45) is 4.12. The summed E-state index contributed by atoms with van der Waals surface area (Å²) < 4.78 is 26.5. The first-order valence-corrected chi connectivity index (χ1v) is 7.93. The van der Waals surface area contributed by atoms with Gasteiger partial charge < -0.3 is 10.6 Å². The van der Waals surface area contributed by atoms with Crippen LogP contribution in [0.3, 0.4) is 0 Å². The van der Waals surface area contributed by atoms with E-state index in [1.54, 1.807) is 0 Å². The first-order chi connectivity index (χ1) is 9.97. The van der Waals surface area contributed by atoms with E-state index in [9.17, 15) is 8.78 Å². The van der Waals surface area contributed by atoms with E-state index in [4.69, 9.17) is 5.73 Å². The lowest BCUT2D eigenvalue weighted by atomic mass is 10.0. The summed E-state index contributed by atoms with van der Waals surface area (Å²) in [6, 6.07) is 3.71. The fraction of sp³-hybridized carbons (Fsp3) is 0.647. The van der Waals surface area contributed by atoms with Crippen molar-refractivity contribution in [3.63, 3.8) is 0 Å². The monoisotopic (exact) mass is 298 g/mol. The normalized spacial score (nSPS) is 14.4. The van der Waals surface area contributed by atoms with E-state index in [0.717, 1.165) is 38.4 Å². The van der Waals surface area contributed by atoms with Gasteiger partial charge in [-0.2, -0.15) is 0 Å². The second-order valence-electron chi connectivity index (χ2n) is 5.74. The Balaban J connectivity index is 2.61. The number of benzene rings is 1. The average Bonchev–Trinajstić information content (AvgIpc) is 2.45. The maximum absolute atomic E-state index is 13.2. The van der Waals surface area contributed by atoms with Gasteiger partial charge in [0.2, 0.25) is 0 Å². The zero-order chi connectivity index (χ0) is 15.8. The Bertz CT molecular complexity index is 403. The number of hydrogen-bond donors (Lipinski definition) is 1.